The summed E-state index contributed by atoms with van der Waals surface area (Å²) in [6, 6.07) is 0. The van der Waals surface area contributed by atoms with Crippen LogP contribution in [-0.4, -0.2) is 25.7 Å². The summed E-state index contributed by atoms with van der Waals surface area (Å²) in [5, 5.41) is 3.28. The molecule has 0 aliphatic carbocycles. The van der Waals surface area contributed by atoms with Crippen molar-refractivity contribution in [2.24, 2.45) is 0 Å². The minimum Gasteiger partial charge on any atom is -0.491 e. The fourth-order valence-corrected chi connectivity index (χ4v) is 1.76. The van der Waals surface area contributed by atoms with Crippen LogP contribution in [0, 0.1) is 0 Å². The van der Waals surface area contributed by atoms with Gasteiger partial charge in [-0.1, -0.05) is 31.4 Å². The van der Waals surface area contributed by atoms with Gasteiger partial charge in [-0.15, -0.1) is 0 Å². The van der Waals surface area contributed by atoms with Crippen LogP contribution in [0.5, 0.6) is 0 Å². The largest absolute Gasteiger partial charge is 0.491 e. The first kappa shape index (κ1) is 16.8. The molecule has 0 saturated carbocycles. The normalized spacial score (nSPS) is 17.9. The number of carbonyl (C=O) groups excluding carboxylic acids is 1. The van der Waals surface area contributed by atoms with Gasteiger partial charge in [0.25, 0.3) is 0 Å². The second-order valence-electron chi connectivity index (χ2n) is 4.59. The molecular formula is C17H23NO3. The molecule has 1 aliphatic heterocycles. The van der Waals surface area contributed by atoms with Gasteiger partial charge >= 0.3 is 5.97 Å². The molecule has 1 heterocycles. The zero-order chi connectivity index (χ0) is 15.7. The van der Waals surface area contributed by atoms with Gasteiger partial charge < -0.3 is 14.8 Å². The van der Waals surface area contributed by atoms with E-state index in [9.17, 15) is 4.79 Å². The lowest BCUT2D eigenvalue weighted by Gasteiger charge is -2.19. The maximum absolute atomic E-state index is 11.2. The highest BCUT2D eigenvalue weighted by molar-refractivity contribution is 5.86. The van der Waals surface area contributed by atoms with Gasteiger partial charge in [0.15, 0.2) is 0 Å². The Labute approximate surface area is 126 Å². The number of nitrogens with one attached hydrogen (secondary N) is 1. The smallest absolute Gasteiger partial charge is 0.333 e. The quantitative estimate of drug-likeness (QED) is 0.339. The first-order chi connectivity index (χ1) is 10.1. The lowest BCUT2D eigenvalue weighted by atomic mass is 10.1. The summed E-state index contributed by atoms with van der Waals surface area (Å²) in [4.78, 5) is 11.2. The number of esters is 1. The molecule has 21 heavy (non-hydrogen) atoms. The first-order valence-corrected chi connectivity index (χ1v) is 6.99. The third-order valence-corrected chi connectivity index (χ3v) is 2.85. The van der Waals surface area contributed by atoms with Crippen LogP contribution in [0.3, 0.4) is 0 Å². The van der Waals surface area contributed by atoms with Crippen LogP contribution in [0.4, 0.5) is 0 Å². The number of hydrogen-bond donors (Lipinski definition) is 1. The van der Waals surface area contributed by atoms with E-state index in [0.717, 1.165) is 17.8 Å². The fraction of sp³-hybridized carbons (Fsp3) is 0.353. The van der Waals surface area contributed by atoms with Crippen molar-refractivity contribution in [3.8, 4) is 0 Å². The van der Waals surface area contributed by atoms with E-state index < -0.39 is 0 Å². The highest BCUT2D eigenvalue weighted by Crippen LogP contribution is 2.18. The van der Waals surface area contributed by atoms with E-state index in [0.29, 0.717) is 31.0 Å². The maximum Gasteiger partial charge on any atom is 0.333 e. The van der Waals surface area contributed by atoms with Gasteiger partial charge in [-0.2, -0.15) is 0 Å². The molecule has 4 heteroatoms. The molecule has 0 unspecified atom stereocenters. The van der Waals surface area contributed by atoms with Gasteiger partial charge in [0.05, 0.1) is 18.9 Å². The standard InChI is InChI=1S/C17H23NO3/c1-5-14-9-7-10-18-16(14)15(6-2)20-11-8-12-21-17(19)13(3)4/h5-7,9,18H,2-3,8,10-12H2,1,4H3/b14-5-,16-15-. The Morgan fingerprint density at radius 3 is 2.76 bits per heavy atom. The van der Waals surface area contributed by atoms with Crippen molar-refractivity contribution in [1.82, 2.24) is 5.32 Å². The van der Waals surface area contributed by atoms with Crippen LogP contribution >= 0.6 is 0 Å². The van der Waals surface area contributed by atoms with E-state index >= 15 is 0 Å². The fourth-order valence-electron chi connectivity index (χ4n) is 1.76. The van der Waals surface area contributed by atoms with E-state index in [4.69, 9.17) is 9.47 Å². The Morgan fingerprint density at radius 2 is 2.14 bits per heavy atom. The zero-order valence-corrected chi connectivity index (χ0v) is 12.8. The second-order valence-corrected chi connectivity index (χ2v) is 4.59. The van der Waals surface area contributed by atoms with Crippen molar-refractivity contribution < 1.29 is 14.3 Å². The van der Waals surface area contributed by atoms with Crippen LogP contribution in [0.25, 0.3) is 0 Å². The molecule has 0 atom stereocenters. The monoisotopic (exact) mass is 289 g/mol. The summed E-state index contributed by atoms with van der Waals surface area (Å²) in [5.41, 5.74) is 2.42. The van der Waals surface area contributed by atoms with Gasteiger partial charge in [0.2, 0.25) is 0 Å². The van der Waals surface area contributed by atoms with Crippen molar-refractivity contribution in [3.05, 3.63) is 60.1 Å². The molecule has 0 aromatic rings. The summed E-state index contributed by atoms with van der Waals surface area (Å²) in [6.07, 6.45) is 8.42. The highest BCUT2D eigenvalue weighted by atomic mass is 16.5. The minimum absolute atomic E-state index is 0.315. The molecule has 0 saturated heterocycles. The SMILES string of the molecule is C=C/C(OCCCOC(=O)C(=C)C)=C1/NCC=C/C1=C/C. The van der Waals surface area contributed by atoms with E-state index in [1.54, 1.807) is 13.0 Å². The van der Waals surface area contributed by atoms with Crippen molar-refractivity contribution in [3.63, 3.8) is 0 Å². The Bertz CT molecular complexity index is 498. The maximum atomic E-state index is 11.2. The average Bonchev–Trinajstić information content (AvgIpc) is 2.50. The van der Waals surface area contributed by atoms with Crippen molar-refractivity contribution in [1.29, 1.82) is 0 Å². The molecule has 4 nitrogen and oxygen atoms in total. The number of ether oxygens (including phenoxy) is 2. The third kappa shape index (κ3) is 5.34. The molecule has 114 valence electrons. The molecular weight excluding hydrogens is 266 g/mol. The van der Waals surface area contributed by atoms with Crippen molar-refractivity contribution >= 4 is 5.97 Å². The molecule has 0 fully saturated rings. The number of hydrogen-bond acceptors (Lipinski definition) is 4. The van der Waals surface area contributed by atoms with Crippen molar-refractivity contribution in [2.75, 3.05) is 19.8 Å². The van der Waals surface area contributed by atoms with Crippen LogP contribution in [0.1, 0.15) is 20.3 Å². The summed E-state index contributed by atoms with van der Waals surface area (Å²) in [6.45, 7) is 12.4. The molecule has 0 amide bonds. The lowest BCUT2D eigenvalue weighted by molar-refractivity contribution is -0.139. The summed E-state index contributed by atoms with van der Waals surface area (Å²) >= 11 is 0. The molecule has 0 spiro atoms. The van der Waals surface area contributed by atoms with Crippen LogP contribution in [0.15, 0.2) is 60.1 Å². The number of allylic oxidation sites excluding steroid dienone is 3. The Balaban J connectivity index is 2.48. The molecule has 0 bridgehead atoms. The van der Waals surface area contributed by atoms with E-state index in [1.807, 2.05) is 19.1 Å². The summed E-state index contributed by atoms with van der Waals surface area (Å²) < 4.78 is 10.7. The van der Waals surface area contributed by atoms with E-state index in [1.165, 1.54) is 0 Å². The second kappa shape index (κ2) is 8.84. The third-order valence-electron chi connectivity index (χ3n) is 2.85. The van der Waals surface area contributed by atoms with Crippen molar-refractivity contribution in [2.45, 2.75) is 20.3 Å². The molecule has 1 rings (SSSR count). The lowest BCUT2D eigenvalue weighted by Crippen LogP contribution is -2.21. The predicted molar refractivity (Wildman–Crippen MR) is 84.5 cm³/mol. The topological polar surface area (TPSA) is 47.6 Å². The molecule has 1 N–H and O–H groups in total. The highest BCUT2D eigenvalue weighted by Gasteiger charge is 2.11. The predicted octanol–water partition coefficient (Wildman–Crippen LogP) is 3.02. The number of carbonyl (C=O) groups is 1. The van der Waals surface area contributed by atoms with E-state index in [2.05, 4.69) is 24.6 Å². The summed E-state index contributed by atoms with van der Waals surface area (Å²) in [5.74, 6) is 0.339. The van der Waals surface area contributed by atoms with Gasteiger partial charge in [-0.25, -0.2) is 4.79 Å². The Kier molecular flexibility index (Phi) is 7.09. The Hall–Kier alpha value is -2.23. The van der Waals surface area contributed by atoms with Crippen LogP contribution < -0.4 is 5.32 Å². The molecule has 0 aromatic heterocycles. The van der Waals surface area contributed by atoms with E-state index in [-0.39, 0.29) is 5.97 Å². The van der Waals surface area contributed by atoms with Crippen LogP contribution in [-0.2, 0) is 14.3 Å². The minimum atomic E-state index is -0.368. The average molecular weight is 289 g/mol. The van der Waals surface area contributed by atoms with Crippen LogP contribution in [0.2, 0.25) is 0 Å². The Morgan fingerprint density at radius 1 is 1.43 bits per heavy atom. The zero-order valence-electron chi connectivity index (χ0n) is 12.8. The molecule has 0 radical (unpaired) electrons. The molecule has 0 aromatic carbocycles. The molecule has 1 aliphatic rings. The van der Waals surface area contributed by atoms with Gasteiger partial charge in [-0.05, 0) is 25.5 Å². The van der Waals surface area contributed by atoms with Gasteiger partial charge in [-0.3, -0.25) is 0 Å². The summed E-state index contributed by atoms with van der Waals surface area (Å²) in [7, 11) is 0. The number of rotatable bonds is 7. The first-order valence-electron chi connectivity index (χ1n) is 6.99. The van der Waals surface area contributed by atoms with Gasteiger partial charge in [0.1, 0.15) is 5.76 Å². The van der Waals surface area contributed by atoms with Gasteiger partial charge in [0, 0.05) is 18.5 Å².